The SMILES string of the molecule is CN(CC#C[C@]1(C)CC[C@@H]2[C@H](O1)c1ccccc1OC2(C)C)Cc1ccccc1. The maximum Gasteiger partial charge on any atom is 0.126 e. The third-order valence-electron chi connectivity index (χ3n) is 6.17. The van der Waals surface area contributed by atoms with Gasteiger partial charge in [0, 0.05) is 18.0 Å². The summed E-state index contributed by atoms with van der Waals surface area (Å²) < 4.78 is 13.0. The van der Waals surface area contributed by atoms with Crippen molar-refractivity contribution >= 4 is 0 Å². The lowest BCUT2D eigenvalue weighted by atomic mass is 9.73. The largest absolute Gasteiger partial charge is 0.487 e. The number of para-hydroxylation sites is 1. The van der Waals surface area contributed by atoms with Crippen molar-refractivity contribution in [2.75, 3.05) is 13.6 Å². The minimum absolute atomic E-state index is 0.0325. The van der Waals surface area contributed by atoms with Crippen molar-refractivity contribution in [3.05, 3.63) is 65.7 Å². The Bertz CT molecular complexity index is 911. The number of nitrogens with zero attached hydrogens (tertiary/aromatic N) is 1. The van der Waals surface area contributed by atoms with Gasteiger partial charge in [0.05, 0.1) is 12.6 Å². The summed E-state index contributed by atoms with van der Waals surface area (Å²) in [5.74, 6) is 8.11. The molecule has 152 valence electrons. The second-order valence-electron chi connectivity index (χ2n) is 9.12. The van der Waals surface area contributed by atoms with Crippen molar-refractivity contribution in [2.24, 2.45) is 5.92 Å². The lowest BCUT2D eigenvalue weighted by Gasteiger charge is -2.50. The zero-order chi connectivity index (χ0) is 20.5. The Morgan fingerprint density at radius 3 is 2.55 bits per heavy atom. The lowest BCUT2D eigenvalue weighted by molar-refractivity contribution is -0.169. The number of hydrogen-bond donors (Lipinski definition) is 0. The number of fused-ring (bicyclic) bond motifs is 3. The second kappa shape index (κ2) is 7.86. The van der Waals surface area contributed by atoms with Crippen LogP contribution < -0.4 is 4.74 Å². The van der Waals surface area contributed by atoms with Crippen molar-refractivity contribution in [3.63, 3.8) is 0 Å². The molecule has 0 bridgehead atoms. The minimum Gasteiger partial charge on any atom is -0.487 e. The van der Waals surface area contributed by atoms with E-state index in [1.165, 1.54) is 5.56 Å². The van der Waals surface area contributed by atoms with Gasteiger partial charge in [-0.15, -0.1) is 0 Å². The van der Waals surface area contributed by atoms with Gasteiger partial charge in [0.25, 0.3) is 0 Å². The van der Waals surface area contributed by atoms with Crippen molar-refractivity contribution in [1.82, 2.24) is 4.90 Å². The van der Waals surface area contributed by atoms with Crippen molar-refractivity contribution in [2.45, 2.75) is 57.5 Å². The first-order valence-corrected chi connectivity index (χ1v) is 10.5. The minimum atomic E-state index is -0.421. The van der Waals surface area contributed by atoms with E-state index < -0.39 is 5.60 Å². The predicted octanol–water partition coefficient (Wildman–Crippen LogP) is 5.22. The Hall–Kier alpha value is -2.28. The molecule has 0 spiro atoms. The van der Waals surface area contributed by atoms with Gasteiger partial charge in [0.2, 0.25) is 0 Å². The molecule has 0 N–H and O–H groups in total. The molecule has 2 aliphatic rings. The van der Waals surface area contributed by atoms with Crippen LogP contribution in [0.5, 0.6) is 5.75 Å². The van der Waals surface area contributed by atoms with Crippen LogP contribution in [0, 0.1) is 17.8 Å². The van der Waals surface area contributed by atoms with E-state index in [1.807, 2.05) is 18.2 Å². The van der Waals surface area contributed by atoms with Crippen LogP contribution in [0.2, 0.25) is 0 Å². The van der Waals surface area contributed by atoms with Crippen LogP contribution in [-0.4, -0.2) is 29.7 Å². The van der Waals surface area contributed by atoms with E-state index in [9.17, 15) is 0 Å². The fourth-order valence-corrected chi connectivity index (χ4v) is 4.57. The Labute approximate surface area is 175 Å². The van der Waals surface area contributed by atoms with Crippen LogP contribution in [0.3, 0.4) is 0 Å². The summed E-state index contributed by atoms with van der Waals surface area (Å²) in [6.45, 7) is 8.12. The molecule has 3 nitrogen and oxygen atoms in total. The zero-order valence-corrected chi connectivity index (χ0v) is 17.9. The third kappa shape index (κ3) is 4.34. The topological polar surface area (TPSA) is 21.7 Å². The molecule has 0 saturated carbocycles. The van der Waals surface area contributed by atoms with Gasteiger partial charge in [0.15, 0.2) is 0 Å². The molecule has 1 saturated heterocycles. The standard InChI is InChI=1S/C26H31NO2/c1-25(2)22-15-17-26(3,29-24(22)21-13-8-9-14-23(21)28-25)16-10-18-27(4)19-20-11-6-5-7-12-20/h5-9,11-14,22,24H,15,17-19H2,1-4H3/t22-,24-,26-/m1/s1. The molecule has 0 aliphatic carbocycles. The molecule has 3 atom stereocenters. The highest BCUT2D eigenvalue weighted by Crippen LogP contribution is 2.52. The van der Waals surface area contributed by atoms with Gasteiger partial charge in [-0.3, -0.25) is 4.90 Å². The monoisotopic (exact) mass is 389 g/mol. The quantitative estimate of drug-likeness (QED) is 0.672. The molecule has 2 aromatic carbocycles. The van der Waals surface area contributed by atoms with E-state index in [1.54, 1.807) is 0 Å². The van der Waals surface area contributed by atoms with E-state index in [0.717, 1.165) is 37.2 Å². The summed E-state index contributed by atoms with van der Waals surface area (Å²) in [7, 11) is 2.11. The zero-order valence-electron chi connectivity index (χ0n) is 17.9. The summed E-state index contributed by atoms with van der Waals surface area (Å²) in [5.41, 5.74) is 1.81. The Kier molecular flexibility index (Phi) is 5.42. The highest BCUT2D eigenvalue weighted by atomic mass is 16.5. The summed E-state index contributed by atoms with van der Waals surface area (Å²) in [6.07, 6.45) is 2.01. The van der Waals surface area contributed by atoms with Gasteiger partial charge in [0.1, 0.15) is 17.0 Å². The van der Waals surface area contributed by atoms with Gasteiger partial charge in [-0.05, 0) is 52.3 Å². The van der Waals surface area contributed by atoms with E-state index in [0.29, 0.717) is 5.92 Å². The fourth-order valence-electron chi connectivity index (χ4n) is 4.57. The first kappa shape index (κ1) is 20.0. The molecule has 2 aliphatic heterocycles. The van der Waals surface area contributed by atoms with Crippen LogP contribution in [-0.2, 0) is 11.3 Å². The Morgan fingerprint density at radius 2 is 1.76 bits per heavy atom. The first-order chi connectivity index (χ1) is 13.9. The molecule has 0 aromatic heterocycles. The van der Waals surface area contributed by atoms with Gasteiger partial charge in [-0.25, -0.2) is 0 Å². The van der Waals surface area contributed by atoms with Crippen molar-refractivity contribution in [3.8, 4) is 17.6 Å². The summed E-state index contributed by atoms with van der Waals surface area (Å²) in [6, 6.07) is 18.8. The van der Waals surface area contributed by atoms with Crippen LogP contribution in [0.1, 0.15) is 50.8 Å². The Balaban J connectivity index is 1.46. The first-order valence-electron chi connectivity index (χ1n) is 10.5. The van der Waals surface area contributed by atoms with Gasteiger partial charge in [-0.1, -0.05) is 60.4 Å². The molecule has 2 aromatic rings. The highest BCUT2D eigenvalue weighted by molar-refractivity contribution is 5.39. The maximum atomic E-state index is 6.67. The molecule has 0 unspecified atom stereocenters. The smallest absolute Gasteiger partial charge is 0.126 e. The maximum absolute atomic E-state index is 6.67. The molecule has 1 fully saturated rings. The van der Waals surface area contributed by atoms with Gasteiger partial charge >= 0.3 is 0 Å². The molecule has 0 amide bonds. The van der Waals surface area contributed by atoms with Gasteiger partial charge in [-0.2, -0.15) is 0 Å². The second-order valence-corrected chi connectivity index (χ2v) is 9.12. The van der Waals surface area contributed by atoms with Gasteiger partial charge < -0.3 is 9.47 Å². The molecule has 2 heterocycles. The molecular formula is C26H31NO2. The van der Waals surface area contributed by atoms with Crippen LogP contribution in [0.4, 0.5) is 0 Å². The molecule has 3 heteroatoms. The summed E-state index contributed by atoms with van der Waals surface area (Å²) >= 11 is 0. The third-order valence-corrected chi connectivity index (χ3v) is 6.17. The molecular weight excluding hydrogens is 358 g/mol. The normalized spacial score (nSPS) is 27.2. The average molecular weight is 390 g/mol. The molecule has 29 heavy (non-hydrogen) atoms. The lowest BCUT2D eigenvalue weighted by Crippen LogP contribution is -2.50. The number of hydrogen-bond acceptors (Lipinski definition) is 3. The molecule has 4 rings (SSSR count). The van der Waals surface area contributed by atoms with Crippen LogP contribution >= 0.6 is 0 Å². The van der Waals surface area contributed by atoms with Crippen molar-refractivity contribution < 1.29 is 9.47 Å². The van der Waals surface area contributed by atoms with E-state index in [-0.39, 0.29) is 11.7 Å². The number of benzene rings is 2. The summed E-state index contributed by atoms with van der Waals surface area (Å²) in [5, 5.41) is 0. The number of rotatable bonds is 3. The van der Waals surface area contributed by atoms with E-state index in [2.05, 4.69) is 81.0 Å². The van der Waals surface area contributed by atoms with E-state index in [4.69, 9.17) is 9.47 Å². The van der Waals surface area contributed by atoms with E-state index >= 15 is 0 Å². The highest BCUT2D eigenvalue weighted by Gasteiger charge is 2.49. The van der Waals surface area contributed by atoms with Crippen LogP contribution in [0.15, 0.2) is 54.6 Å². The Morgan fingerprint density at radius 1 is 1.03 bits per heavy atom. The predicted molar refractivity (Wildman–Crippen MR) is 117 cm³/mol. The average Bonchev–Trinajstić information content (AvgIpc) is 2.68. The fraction of sp³-hybridized carbons (Fsp3) is 0.462. The number of ether oxygens (including phenoxy) is 2. The summed E-state index contributed by atoms with van der Waals surface area (Å²) in [4.78, 5) is 2.24. The van der Waals surface area contributed by atoms with Crippen LogP contribution in [0.25, 0.3) is 0 Å². The van der Waals surface area contributed by atoms with Crippen molar-refractivity contribution in [1.29, 1.82) is 0 Å². The molecule has 0 radical (unpaired) electrons.